The lowest BCUT2D eigenvalue weighted by molar-refractivity contribution is -0.123. The quantitative estimate of drug-likeness (QED) is 0.778. The number of ether oxygens (including phenoxy) is 2. The maximum Gasteiger partial charge on any atom is 0.357 e. The minimum atomic E-state index is -0.906. The highest BCUT2D eigenvalue weighted by molar-refractivity contribution is 5.97. The van der Waals surface area contributed by atoms with Crippen LogP contribution in [0.4, 0.5) is 11.4 Å². The van der Waals surface area contributed by atoms with Crippen molar-refractivity contribution in [3.63, 3.8) is 0 Å². The summed E-state index contributed by atoms with van der Waals surface area (Å²) in [6, 6.07) is 7.64. The first-order valence-electron chi connectivity index (χ1n) is 10.1. The molecule has 8 heteroatoms. The first-order chi connectivity index (χ1) is 14.1. The number of amides is 1. The summed E-state index contributed by atoms with van der Waals surface area (Å²) in [6.07, 6.45) is 3.59. The van der Waals surface area contributed by atoms with Gasteiger partial charge in [-0.3, -0.25) is 4.79 Å². The van der Waals surface area contributed by atoms with Crippen molar-refractivity contribution in [2.45, 2.75) is 38.8 Å². The van der Waals surface area contributed by atoms with Gasteiger partial charge in [-0.05, 0) is 44.0 Å². The Balaban J connectivity index is 1.33. The highest BCUT2D eigenvalue weighted by Crippen LogP contribution is 2.20. The number of carbonyl (C=O) groups is 2. The smallest absolute Gasteiger partial charge is 0.357 e. The van der Waals surface area contributed by atoms with Crippen LogP contribution in [0.1, 0.15) is 36.1 Å². The maximum absolute atomic E-state index is 12.5. The van der Waals surface area contributed by atoms with Gasteiger partial charge in [-0.25, -0.2) is 9.78 Å². The molecule has 0 aliphatic carbocycles. The van der Waals surface area contributed by atoms with Crippen molar-refractivity contribution in [1.82, 2.24) is 9.55 Å². The van der Waals surface area contributed by atoms with Crippen molar-refractivity contribution >= 4 is 23.3 Å². The van der Waals surface area contributed by atoms with Crippen molar-refractivity contribution in [3.8, 4) is 0 Å². The van der Waals surface area contributed by atoms with E-state index >= 15 is 0 Å². The van der Waals surface area contributed by atoms with E-state index in [1.54, 1.807) is 6.92 Å². The van der Waals surface area contributed by atoms with E-state index in [2.05, 4.69) is 15.2 Å². The predicted molar refractivity (Wildman–Crippen MR) is 108 cm³/mol. The van der Waals surface area contributed by atoms with Gasteiger partial charge in [0.25, 0.3) is 5.91 Å². The number of benzene rings is 1. The zero-order chi connectivity index (χ0) is 20.2. The van der Waals surface area contributed by atoms with E-state index in [-0.39, 0.29) is 5.91 Å². The number of rotatable bonds is 5. The van der Waals surface area contributed by atoms with Gasteiger partial charge in [0, 0.05) is 37.4 Å². The molecule has 1 fully saturated rings. The van der Waals surface area contributed by atoms with Crippen LogP contribution in [0.2, 0.25) is 0 Å². The molecule has 2 aliphatic heterocycles. The molecule has 1 atom stereocenters. The van der Waals surface area contributed by atoms with Gasteiger partial charge in [-0.2, -0.15) is 0 Å². The largest absolute Gasteiger partial charge is 0.448 e. The fourth-order valence-corrected chi connectivity index (χ4v) is 3.67. The minimum Gasteiger partial charge on any atom is -0.448 e. The van der Waals surface area contributed by atoms with E-state index in [0.29, 0.717) is 11.4 Å². The molecule has 2 aliphatic rings. The number of nitrogens with one attached hydrogen (secondary N) is 1. The Morgan fingerprint density at radius 2 is 1.90 bits per heavy atom. The lowest BCUT2D eigenvalue weighted by Gasteiger charge is -2.28. The number of carbonyl (C=O) groups excluding carboxylic acids is 2. The second-order valence-corrected chi connectivity index (χ2v) is 7.35. The van der Waals surface area contributed by atoms with Crippen LogP contribution in [0, 0.1) is 0 Å². The molecule has 1 saturated heterocycles. The highest BCUT2D eigenvalue weighted by atomic mass is 16.5. The number of nitrogens with zero attached hydrogens (tertiary/aromatic N) is 3. The summed E-state index contributed by atoms with van der Waals surface area (Å²) in [5.41, 5.74) is 2.17. The summed E-state index contributed by atoms with van der Waals surface area (Å²) in [6.45, 7) is 5.50. The van der Waals surface area contributed by atoms with Crippen LogP contribution in [-0.2, 0) is 27.2 Å². The monoisotopic (exact) mass is 398 g/mol. The van der Waals surface area contributed by atoms with E-state index in [1.165, 1.54) is 6.20 Å². The van der Waals surface area contributed by atoms with Crippen molar-refractivity contribution in [2.75, 3.05) is 36.5 Å². The van der Waals surface area contributed by atoms with Gasteiger partial charge in [0.05, 0.1) is 19.4 Å². The van der Waals surface area contributed by atoms with E-state index < -0.39 is 12.1 Å². The third-order valence-corrected chi connectivity index (χ3v) is 5.34. The third-order valence-electron chi connectivity index (χ3n) is 5.34. The molecule has 4 rings (SSSR count). The second-order valence-electron chi connectivity index (χ2n) is 7.35. The van der Waals surface area contributed by atoms with Crippen molar-refractivity contribution in [3.05, 3.63) is 42.0 Å². The molecule has 1 aromatic heterocycles. The molecule has 0 bridgehead atoms. The van der Waals surface area contributed by atoms with Crippen LogP contribution in [0.5, 0.6) is 0 Å². The Hall–Kier alpha value is -2.87. The molecule has 154 valence electrons. The molecule has 2 aromatic rings. The molecule has 0 spiro atoms. The summed E-state index contributed by atoms with van der Waals surface area (Å²) in [5, 5.41) is 2.80. The fraction of sp³-hybridized carbons (Fsp3) is 0.476. The van der Waals surface area contributed by atoms with Gasteiger partial charge >= 0.3 is 5.97 Å². The summed E-state index contributed by atoms with van der Waals surface area (Å²) in [7, 11) is 0. The van der Waals surface area contributed by atoms with Crippen LogP contribution in [0.15, 0.2) is 30.5 Å². The standard InChI is InChI=1S/C21H26N4O4/c1-15(29-21(27)18-14-22-19-4-2-3-9-25(18)19)20(26)23-16-5-7-17(8-6-16)24-10-12-28-13-11-24/h5-8,14-15H,2-4,9-13H2,1H3,(H,23,26). The van der Waals surface area contributed by atoms with Crippen molar-refractivity contribution in [1.29, 1.82) is 0 Å². The third kappa shape index (κ3) is 4.42. The van der Waals surface area contributed by atoms with Crippen LogP contribution in [-0.4, -0.2) is 53.8 Å². The molecule has 1 aromatic carbocycles. The number of aryl methyl sites for hydroxylation is 1. The van der Waals surface area contributed by atoms with Crippen LogP contribution < -0.4 is 10.2 Å². The first-order valence-corrected chi connectivity index (χ1v) is 10.1. The summed E-state index contributed by atoms with van der Waals surface area (Å²) < 4.78 is 12.6. The van der Waals surface area contributed by atoms with E-state index in [0.717, 1.165) is 63.6 Å². The minimum absolute atomic E-state index is 0.365. The number of fused-ring (bicyclic) bond motifs is 1. The Morgan fingerprint density at radius 3 is 2.66 bits per heavy atom. The second kappa shape index (κ2) is 8.65. The molecule has 1 unspecified atom stereocenters. The molecular formula is C21H26N4O4. The van der Waals surface area contributed by atoms with Crippen LogP contribution in [0.25, 0.3) is 0 Å². The van der Waals surface area contributed by atoms with Crippen LogP contribution >= 0.6 is 0 Å². The number of hydrogen-bond acceptors (Lipinski definition) is 6. The maximum atomic E-state index is 12.5. The molecule has 29 heavy (non-hydrogen) atoms. The van der Waals surface area contributed by atoms with Crippen molar-refractivity contribution < 1.29 is 19.1 Å². The lowest BCUT2D eigenvalue weighted by atomic mass is 10.1. The number of morpholine rings is 1. The van der Waals surface area contributed by atoms with Gasteiger partial charge < -0.3 is 24.3 Å². The van der Waals surface area contributed by atoms with Crippen LogP contribution in [0.3, 0.4) is 0 Å². The predicted octanol–water partition coefficient (Wildman–Crippen LogP) is 2.24. The molecule has 3 heterocycles. The number of aromatic nitrogens is 2. The zero-order valence-electron chi connectivity index (χ0n) is 16.6. The number of esters is 1. The van der Waals surface area contributed by atoms with Gasteiger partial charge in [0.2, 0.25) is 0 Å². The highest BCUT2D eigenvalue weighted by Gasteiger charge is 2.24. The zero-order valence-corrected chi connectivity index (χ0v) is 16.6. The topological polar surface area (TPSA) is 85.7 Å². The van der Waals surface area contributed by atoms with Crippen molar-refractivity contribution in [2.24, 2.45) is 0 Å². The average molecular weight is 398 g/mol. The number of anilines is 2. The molecule has 1 N–H and O–H groups in total. The molecule has 0 radical (unpaired) electrons. The molecule has 0 saturated carbocycles. The van der Waals surface area contributed by atoms with Gasteiger partial charge in [0.1, 0.15) is 11.5 Å². The Labute approximate surface area is 169 Å². The number of hydrogen-bond donors (Lipinski definition) is 1. The Morgan fingerprint density at radius 1 is 1.14 bits per heavy atom. The lowest BCUT2D eigenvalue weighted by Crippen LogP contribution is -2.36. The number of imidazole rings is 1. The van der Waals surface area contributed by atoms with E-state index in [4.69, 9.17) is 9.47 Å². The summed E-state index contributed by atoms with van der Waals surface area (Å²) in [4.78, 5) is 31.5. The first kappa shape index (κ1) is 19.4. The van der Waals surface area contributed by atoms with E-state index in [1.807, 2.05) is 28.8 Å². The molecule has 1 amide bonds. The van der Waals surface area contributed by atoms with Gasteiger partial charge in [-0.15, -0.1) is 0 Å². The van der Waals surface area contributed by atoms with E-state index in [9.17, 15) is 9.59 Å². The van der Waals surface area contributed by atoms with Gasteiger partial charge in [0.15, 0.2) is 6.10 Å². The fourth-order valence-electron chi connectivity index (χ4n) is 3.67. The van der Waals surface area contributed by atoms with Gasteiger partial charge in [-0.1, -0.05) is 0 Å². The summed E-state index contributed by atoms with van der Waals surface area (Å²) in [5.74, 6) is 0.0208. The Kier molecular flexibility index (Phi) is 5.80. The Bertz CT molecular complexity index is 871. The SMILES string of the molecule is CC(OC(=O)c1cnc2n1CCCC2)C(=O)Nc1ccc(N2CCOCC2)cc1. The molecule has 8 nitrogen and oxygen atoms in total. The average Bonchev–Trinajstić information content (AvgIpc) is 3.19. The summed E-state index contributed by atoms with van der Waals surface area (Å²) >= 11 is 0. The normalized spacial score (nSPS) is 17.3. The molecular weight excluding hydrogens is 372 g/mol.